The van der Waals surface area contributed by atoms with Gasteiger partial charge in [0.25, 0.3) is 5.91 Å². The van der Waals surface area contributed by atoms with Crippen LogP contribution in [0.4, 0.5) is 10.1 Å². The molecule has 0 radical (unpaired) electrons. The molecule has 0 aliphatic carbocycles. The Labute approximate surface area is 179 Å². The molecule has 1 amide bonds. The molecule has 6 heteroatoms. The van der Waals surface area contributed by atoms with Crippen LogP contribution < -0.4 is 10.2 Å². The second-order valence-corrected chi connectivity index (χ2v) is 8.32. The third-order valence-corrected chi connectivity index (χ3v) is 6.32. The average Bonchev–Trinajstić information content (AvgIpc) is 2.99. The number of nitrogens with zero attached hydrogens (tertiary/aromatic N) is 3. The molecule has 1 N–H and O–H groups in total. The van der Waals surface area contributed by atoms with Gasteiger partial charge in [-0.25, -0.2) is 4.39 Å². The normalized spacial score (nSPS) is 16.0. The summed E-state index contributed by atoms with van der Waals surface area (Å²) in [5.74, 6) is -0.283. The second kappa shape index (κ2) is 9.65. The number of halogens is 1. The lowest BCUT2D eigenvalue weighted by molar-refractivity contribution is 0.0929. The predicted molar refractivity (Wildman–Crippen MR) is 121 cm³/mol. The van der Waals surface area contributed by atoms with Gasteiger partial charge in [0.1, 0.15) is 11.5 Å². The summed E-state index contributed by atoms with van der Waals surface area (Å²) in [6, 6.07) is 6.65. The first-order valence-corrected chi connectivity index (χ1v) is 11.1. The maximum atomic E-state index is 13.4. The fourth-order valence-electron chi connectivity index (χ4n) is 4.29. The smallest absolute Gasteiger partial charge is 0.268 e. The van der Waals surface area contributed by atoms with Gasteiger partial charge in [0.05, 0.1) is 5.69 Å². The number of hydrogen-bond acceptors (Lipinski definition) is 3. The lowest BCUT2D eigenvalue weighted by atomic mass is 10.1. The Morgan fingerprint density at radius 3 is 2.30 bits per heavy atom. The Morgan fingerprint density at radius 2 is 1.73 bits per heavy atom. The molecule has 1 saturated heterocycles. The molecule has 0 unspecified atom stereocenters. The minimum Gasteiger partial charge on any atom is -0.367 e. The van der Waals surface area contributed by atoms with Crippen LogP contribution in [-0.4, -0.2) is 54.1 Å². The van der Waals surface area contributed by atoms with Crippen LogP contribution in [0.5, 0.6) is 0 Å². The van der Waals surface area contributed by atoms with Gasteiger partial charge in [0.2, 0.25) is 0 Å². The van der Waals surface area contributed by atoms with Crippen molar-refractivity contribution in [3.05, 3.63) is 52.6 Å². The summed E-state index contributed by atoms with van der Waals surface area (Å²) in [6.07, 6.45) is 0.883. The number of likely N-dealkylation sites (N-methyl/N-ethyl adjacent to an activating group) is 1. The SMILES string of the molecule is CC[C@@H](C)NC(=O)c1c(C)c(N2CCN(CC)CC2)c(C)n1Cc1ccc(F)cc1. The van der Waals surface area contributed by atoms with Crippen molar-refractivity contribution in [1.29, 1.82) is 0 Å². The molecule has 3 rings (SSSR count). The first-order chi connectivity index (χ1) is 14.3. The van der Waals surface area contributed by atoms with E-state index in [2.05, 4.69) is 47.4 Å². The van der Waals surface area contributed by atoms with Crippen molar-refractivity contribution < 1.29 is 9.18 Å². The molecule has 30 heavy (non-hydrogen) atoms. The standard InChI is InChI=1S/C24H35FN4O/c1-6-17(3)26-24(30)23-18(4)22(28-14-12-27(7-2)13-15-28)19(5)29(23)16-20-8-10-21(25)11-9-20/h8-11,17H,6-7,12-16H2,1-5H3,(H,26,30)/t17-/m1/s1. The molecule has 2 aromatic rings. The van der Waals surface area contributed by atoms with Crippen LogP contribution in [0.15, 0.2) is 24.3 Å². The van der Waals surface area contributed by atoms with Crippen molar-refractivity contribution in [3.63, 3.8) is 0 Å². The molecule has 164 valence electrons. The first kappa shape index (κ1) is 22.3. The van der Waals surface area contributed by atoms with Gasteiger partial charge < -0.3 is 19.7 Å². The maximum Gasteiger partial charge on any atom is 0.268 e. The highest BCUT2D eigenvalue weighted by atomic mass is 19.1. The number of hydrogen-bond donors (Lipinski definition) is 1. The Kier molecular flexibility index (Phi) is 7.19. The monoisotopic (exact) mass is 414 g/mol. The van der Waals surface area contributed by atoms with Crippen LogP contribution in [0.25, 0.3) is 0 Å². The molecule has 1 aromatic heterocycles. The summed E-state index contributed by atoms with van der Waals surface area (Å²) < 4.78 is 15.5. The van der Waals surface area contributed by atoms with Crippen molar-refractivity contribution in [2.24, 2.45) is 0 Å². The van der Waals surface area contributed by atoms with Gasteiger partial charge in [0.15, 0.2) is 0 Å². The molecule has 2 heterocycles. The predicted octanol–water partition coefficient (Wildman–Crippen LogP) is 3.96. The highest BCUT2D eigenvalue weighted by molar-refractivity contribution is 5.96. The van der Waals surface area contributed by atoms with Crippen molar-refractivity contribution >= 4 is 11.6 Å². The fourth-order valence-corrected chi connectivity index (χ4v) is 4.29. The van der Waals surface area contributed by atoms with E-state index in [1.807, 2.05) is 6.92 Å². The summed E-state index contributed by atoms with van der Waals surface area (Å²) in [5.41, 5.74) is 4.98. The molecule has 0 bridgehead atoms. The van der Waals surface area contributed by atoms with Gasteiger partial charge in [-0.3, -0.25) is 4.79 Å². The van der Waals surface area contributed by atoms with Crippen LogP contribution in [-0.2, 0) is 6.54 Å². The highest BCUT2D eigenvalue weighted by Gasteiger charge is 2.28. The van der Waals surface area contributed by atoms with Crippen molar-refractivity contribution in [2.75, 3.05) is 37.6 Å². The molecule has 1 aliphatic heterocycles. The first-order valence-electron chi connectivity index (χ1n) is 11.1. The third-order valence-electron chi connectivity index (χ3n) is 6.32. The minimum atomic E-state index is -0.247. The van der Waals surface area contributed by atoms with E-state index in [-0.39, 0.29) is 17.8 Å². The van der Waals surface area contributed by atoms with Crippen molar-refractivity contribution in [2.45, 2.75) is 53.6 Å². The van der Waals surface area contributed by atoms with E-state index >= 15 is 0 Å². The van der Waals surface area contributed by atoms with Crippen LogP contribution >= 0.6 is 0 Å². The molecule has 1 aliphatic rings. The summed E-state index contributed by atoms with van der Waals surface area (Å²) >= 11 is 0. The van der Waals surface area contributed by atoms with Gasteiger partial charge in [-0.1, -0.05) is 26.0 Å². The van der Waals surface area contributed by atoms with Gasteiger partial charge in [0, 0.05) is 50.0 Å². The summed E-state index contributed by atoms with van der Waals surface area (Å²) in [7, 11) is 0. The number of carbonyl (C=O) groups excluding carboxylic acids is 1. The zero-order valence-electron chi connectivity index (χ0n) is 19.0. The molecule has 0 spiro atoms. The Bertz CT molecular complexity index is 866. The van der Waals surface area contributed by atoms with E-state index in [0.717, 1.165) is 56.0 Å². The molecular weight excluding hydrogens is 379 g/mol. The summed E-state index contributed by atoms with van der Waals surface area (Å²) in [6.45, 7) is 16.1. The van der Waals surface area contributed by atoms with E-state index in [9.17, 15) is 9.18 Å². The molecule has 0 saturated carbocycles. The Hall–Kier alpha value is -2.34. The number of amides is 1. The number of anilines is 1. The number of benzene rings is 1. The van der Waals surface area contributed by atoms with E-state index < -0.39 is 0 Å². The average molecular weight is 415 g/mol. The van der Waals surface area contributed by atoms with Crippen LogP contribution in [0.3, 0.4) is 0 Å². The molecular formula is C24H35FN4O. The van der Waals surface area contributed by atoms with Crippen LogP contribution in [0, 0.1) is 19.7 Å². The van der Waals surface area contributed by atoms with Gasteiger partial charge in [-0.15, -0.1) is 0 Å². The summed E-state index contributed by atoms with van der Waals surface area (Å²) in [5, 5.41) is 3.14. The Morgan fingerprint density at radius 1 is 1.10 bits per heavy atom. The lowest BCUT2D eigenvalue weighted by Gasteiger charge is -2.36. The topological polar surface area (TPSA) is 40.5 Å². The van der Waals surface area contributed by atoms with Gasteiger partial charge in [-0.05, 0) is 51.4 Å². The number of carbonyl (C=O) groups is 1. The third kappa shape index (κ3) is 4.69. The minimum absolute atomic E-state index is 0.0366. The zero-order chi connectivity index (χ0) is 21.8. The van der Waals surface area contributed by atoms with E-state index in [4.69, 9.17) is 0 Å². The zero-order valence-corrected chi connectivity index (χ0v) is 19.0. The number of rotatable bonds is 7. The van der Waals surface area contributed by atoms with E-state index in [1.165, 1.54) is 17.8 Å². The summed E-state index contributed by atoms with van der Waals surface area (Å²) in [4.78, 5) is 18.1. The van der Waals surface area contributed by atoms with Crippen molar-refractivity contribution in [1.82, 2.24) is 14.8 Å². The number of nitrogens with one attached hydrogen (secondary N) is 1. The van der Waals surface area contributed by atoms with E-state index in [0.29, 0.717) is 12.2 Å². The van der Waals surface area contributed by atoms with Gasteiger partial charge in [-0.2, -0.15) is 0 Å². The van der Waals surface area contributed by atoms with Crippen molar-refractivity contribution in [3.8, 4) is 0 Å². The quantitative estimate of drug-likeness (QED) is 0.746. The highest BCUT2D eigenvalue weighted by Crippen LogP contribution is 2.32. The maximum absolute atomic E-state index is 13.4. The Balaban J connectivity index is 1.99. The molecule has 1 aromatic carbocycles. The fraction of sp³-hybridized carbons (Fsp3) is 0.542. The largest absolute Gasteiger partial charge is 0.367 e. The van der Waals surface area contributed by atoms with Gasteiger partial charge >= 0.3 is 0 Å². The molecule has 1 atom stereocenters. The van der Waals surface area contributed by atoms with Crippen LogP contribution in [0.1, 0.15) is 54.5 Å². The number of aromatic nitrogens is 1. The van der Waals surface area contributed by atoms with E-state index in [1.54, 1.807) is 12.1 Å². The van der Waals surface area contributed by atoms with Crippen LogP contribution in [0.2, 0.25) is 0 Å². The second-order valence-electron chi connectivity index (χ2n) is 8.32. The lowest BCUT2D eigenvalue weighted by Crippen LogP contribution is -2.46. The molecule has 1 fully saturated rings. The number of piperazine rings is 1. The molecule has 5 nitrogen and oxygen atoms in total.